The summed E-state index contributed by atoms with van der Waals surface area (Å²) < 4.78 is 21.8. The summed E-state index contributed by atoms with van der Waals surface area (Å²) in [5.74, 6) is -0.439. The van der Waals surface area contributed by atoms with Crippen LogP contribution in [0.1, 0.15) is 13.3 Å². The summed E-state index contributed by atoms with van der Waals surface area (Å²) in [6.45, 7) is 5.09. The molecule has 0 aromatic carbocycles. The van der Waals surface area contributed by atoms with E-state index in [1.807, 2.05) is 0 Å². The van der Waals surface area contributed by atoms with Gasteiger partial charge in [0, 0.05) is 12.3 Å². The first-order valence-corrected chi connectivity index (χ1v) is 6.67. The van der Waals surface area contributed by atoms with Crippen molar-refractivity contribution in [2.24, 2.45) is 5.73 Å². The van der Waals surface area contributed by atoms with Gasteiger partial charge in [-0.15, -0.1) is 6.58 Å². The zero-order valence-electron chi connectivity index (χ0n) is 9.06. The van der Waals surface area contributed by atoms with Crippen LogP contribution in [0, 0.1) is 0 Å². The number of carbonyl (C=O) groups excluding carboxylic acids is 1. The van der Waals surface area contributed by atoms with E-state index >= 15 is 0 Å². The zero-order valence-corrected chi connectivity index (χ0v) is 9.88. The first kappa shape index (κ1) is 14.1. The molecule has 0 rings (SSSR count). The van der Waals surface area contributed by atoms with Crippen molar-refractivity contribution in [2.45, 2.75) is 25.4 Å². The Morgan fingerprint density at radius 2 is 2.13 bits per heavy atom. The molecule has 3 N–H and O–H groups in total. The first-order valence-electron chi connectivity index (χ1n) is 4.61. The fraction of sp³-hybridized carbons (Fsp3) is 0.667. The highest BCUT2D eigenvalue weighted by atomic mass is 32.2. The minimum atomic E-state index is -3.08. The Hall–Kier alpha value is -0.880. The second kappa shape index (κ2) is 5.87. The third-order valence-corrected chi connectivity index (χ3v) is 2.80. The normalized spacial score (nSPS) is 15.4. The van der Waals surface area contributed by atoms with Crippen LogP contribution in [0.3, 0.4) is 0 Å². The predicted octanol–water partition coefficient (Wildman–Crippen LogP) is -0.561. The molecule has 15 heavy (non-hydrogen) atoms. The maximum absolute atomic E-state index is 11.4. The fourth-order valence-corrected chi connectivity index (χ4v) is 2.12. The SMILES string of the molecule is C=CCC(N)C(=O)NC(C)CS(C)(=O)=O. The molecule has 88 valence electrons. The minimum absolute atomic E-state index is 0.0838. The highest BCUT2D eigenvalue weighted by Gasteiger charge is 2.16. The molecule has 6 heteroatoms. The van der Waals surface area contributed by atoms with Crippen molar-refractivity contribution in [3.05, 3.63) is 12.7 Å². The molecule has 0 radical (unpaired) electrons. The molecule has 0 saturated heterocycles. The molecule has 0 aliphatic rings. The molecule has 0 spiro atoms. The Morgan fingerprint density at radius 3 is 2.53 bits per heavy atom. The van der Waals surface area contributed by atoms with Gasteiger partial charge >= 0.3 is 0 Å². The lowest BCUT2D eigenvalue weighted by atomic mass is 10.2. The van der Waals surface area contributed by atoms with Gasteiger partial charge in [-0.25, -0.2) is 8.42 Å². The smallest absolute Gasteiger partial charge is 0.237 e. The molecule has 0 bridgehead atoms. The maximum Gasteiger partial charge on any atom is 0.237 e. The molecule has 1 amide bonds. The summed E-state index contributed by atoms with van der Waals surface area (Å²) in [4.78, 5) is 11.4. The van der Waals surface area contributed by atoms with E-state index in [9.17, 15) is 13.2 Å². The van der Waals surface area contributed by atoms with E-state index < -0.39 is 21.9 Å². The van der Waals surface area contributed by atoms with E-state index in [-0.39, 0.29) is 11.7 Å². The van der Waals surface area contributed by atoms with Gasteiger partial charge in [0.1, 0.15) is 9.84 Å². The Bertz CT molecular complexity index is 324. The van der Waals surface area contributed by atoms with Gasteiger partial charge in [0.25, 0.3) is 0 Å². The van der Waals surface area contributed by atoms with E-state index in [1.54, 1.807) is 13.0 Å². The van der Waals surface area contributed by atoms with E-state index in [1.165, 1.54) is 0 Å². The number of nitrogens with two attached hydrogens (primary N) is 1. The zero-order chi connectivity index (χ0) is 12.1. The summed E-state index contributed by atoms with van der Waals surface area (Å²) in [6.07, 6.45) is 3.04. The standard InChI is InChI=1S/C9H18N2O3S/c1-4-5-8(10)9(12)11-7(2)6-15(3,13)14/h4,7-8H,1,5-6,10H2,2-3H3,(H,11,12). The van der Waals surface area contributed by atoms with Crippen molar-refractivity contribution in [3.8, 4) is 0 Å². The summed E-state index contributed by atoms with van der Waals surface area (Å²) in [6, 6.07) is -1.09. The number of carbonyl (C=O) groups is 1. The van der Waals surface area contributed by atoms with Gasteiger partial charge in [0.2, 0.25) is 5.91 Å². The van der Waals surface area contributed by atoms with Crippen LogP contribution in [-0.4, -0.2) is 38.4 Å². The van der Waals surface area contributed by atoms with Crippen LogP contribution in [0.25, 0.3) is 0 Å². The van der Waals surface area contributed by atoms with Gasteiger partial charge in [-0.2, -0.15) is 0 Å². The van der Waals surface area contributed by atoms with Gasteiger partial charge < -0.3 is 11.1 Å². The van der Waals surface area contributed by atoms with Crippen LogP contribution in [0.15, 0.2) is 12.7 Å². The van der Waals surface area contributed by atoms with Crippen molar-refractivity contribution in [1.29, 1.82) is 0 Å². The Balaban J connectivity index is 4.12. The Kier molecular flexibility index (Phi) is 5.53. The molecule has 5 nitrogen and oxygen atoms in total. The molecule has 0 aliphatic heterocycles. The molecular weight excluding hydrogens is 216 g/mol. The molecular formula is C9H18N2O3S. The molecule has 0 aromatic heterocycles. The summed E-state index contributed by atoms with van der Waals surface area (Å²) in [5, 5.41) is 2.53. The van der Waals surface area contributed by atoms with E-state index in [0.717, 1.165) is 6.26 Å². The minimum Gasteiger partial charge on any atom is -0.351 e. The third-order valence-electron chi connectivity index (χ3n) is 1.70. The van der Waals surface area contributed by atoms with Crippen LogP contribution in [-0.2, 0) is 14.6 Å². The average molecular weight is 234 g/mol. The van der Waals surface area contributed by atoms with Gasteiger partial charge in [0.05, 0.1) is 11.8 Å². The van der Waals surface area contributed by atoms with E-state index in [0.29, 0.717) is 6.42 Å². The highest BCUT2D eigenvalue weighted by molar-refractivity contribution is 7.90. The number of amides is 1. The monoisotopic (exact) mass is 234 g/mol. The van der Waals surface area contributed by atoms with Gasteiger partial charge in [-0.3, -0.25) is 4.79 Å². The van der Waals surface area contributed by atoms with Crippen LogP contribution in [0.5, 0.6) is 0 Å². The topological polar surface area (TPSA) is 89.3 Å². The van der Waals surface area contributed by atoms with Crippen LogP contribution in [0.2, 0.25) is 0 Å². The third kappa shape index (κ3) is 7.10. The summed E-state index contributed by atoms with van der Waals surface area (Å²) >= 11 is 0. The summed E-state index contributed by atoms with van der Waals surface area (Å²) in [7, 11) is -3.08. The van der Waals surface area contributed by atoms with Crippen LogP contribution in [0.4, 0.5) is 0 Å². The molecule has 2 unspecified atom stereocenters. The number of nitrogens with one attached hydrogen (secondary N) is 1. The number of rotatable bonds is 6. The van der Waals surface area contributed by atoms with Crippen LogP contribution >= 0.6 is 0 Å². The lowest BCUT2D eigenvalue weighted by molar-refractivity contribution is -0.122. The Morgan fingerprint density at radius 1 is 1.60 bits per heavy atom. The lowest BCUT2D eigenvalue weighted by Gasteiger charge is -2.15. The number of hydrogen-bond donors (Lipinski definition) is 2. The Labute approximate surface area is 90.6 Å². The van der Waals surface area contributed by atoms with Crippen molar-refractivity contribution in [2.75, 3.05) is 12.0 Å². The predicted molar refractivity (Wildman–Crippen MR) is 60.1 cm³/mol. The van der Waals surface area contributed by atoms with Crippen LogP contribution < -0.4 is 11.1 Å². The first-order chi connectivity index (χ1) is 6.76. The number of sulfone groups is 1. The van der Waals surface area contributed by atoms with Gasteiger partial charge in [-0.1, -0.05) is 6.08 Å². The molecule has 0 fully saturated rings. The van der Waals surface area contributed by atoms with Gasteiger partial charge in [-0.05, 0) is 13.3 Å². The quantitative estimate of drug-likeness (QED) is 0.603. The number of hydrogen-bond acceptors (Lipinski definition) is 4. The molecule has 2 atom stereocenters. The van der Waals surface area contributed by atoms with Crippen molar-refractivity contribution < 1.29 is 13.2 Å². The van der Waals surface area contributed by atoms with Crippen molar-refractivity contribution in [1.82, 2.24) is 5.32 Å². The molecule has 0 saturated carbocycles. The van der Waals surface area contributed by atoms with Gasteiger partial charge in [0.15, 0.2) is 0 Å². The van der Waals surface area contributed by atoms with E-state index in [2.05, 4.69) is 11.9 Å². The largest absolute Gasteiger partial charge is 0.351 e. The average Bonchev–Trinajstić information content (AvgIpc) is 2.00. The lowest BCUT2D eigenvalue weighted by Crippen LogP contribution is -2.46. The van der Waals surface area contributed by atoms with Crippen molar-refractivity contribution >= 4 is 15.7 Å². The molecule has 0 aliphatic carbocycles. The highest BCUT2D eigenvalue weighted by Crippen LogP contribution is 1.93. The molecule has 0 aromatic rings. The maximum atomic E-state index is 11.4. The van der Waals surface area contributed by atoms with E-state index in [4.69, 9.17) is 5.73 Å². The second-order valence-electron chi connectivity index (χ2n) is 3.63. The summed E-state index contributed by atoms with van der Waals surface area (Å²) in [5.41, 5.74) is 5.51. The molecule has 0 heterocycles. The second-order valence-corrected chi connectivity index (χ2v) is 5.82. The fourth-order valence-electron chi connectivity index (χ4n) is 1.13. The van der Waals surface area contributed by atoms with Crippen molar-refractivity contribution in [3.63, 3.8) is 0 Å².